The van der Waals surface area contributed by atoms with Gasteiger partial charge in [0, 0.05) is 13.1 Å². The molecule has 5 heteroatoms. The van der Waals surface area contributed by atoms with Crippen LogP contribution in [0.4, 0.5) is 0 Å². The second-order valence-electron chi connectivity index (χ2n) is 3.74. The second kappa shape index (κ2) is 4.53. The van der Waals surface area contributed by atoms with Crippen molar-refractivity contribution in [1.82, 2.24) is 4.90 Å². The van der Waals surface area contributed by atoms with Crippen LogP contribution < -0.4 is 5.73 Å². The minimum atomic E-state index is 0.625. The molecule has 1 fully saturated rings. The first-order valence-electron chi connectivity index (χ1n) is 4.93. The summed E-state index contributed by atoms with van der Waals surface area (Å²) in [5.74, 6) is 0.649. The van der Waals surface area contributed by atoms with Crippen molar-refractivity contribution in [1.29, 1.82) is 0 Å². The van der Waals surface area contributed by atoms with E-state index in [0.717, 1.165) is 3.79 Å². The van der Waals surface area contributed by atoms with Gasteiger partial charge in [0.15, 0.2) is 5.96 Å². The highest BCUT2D eigenvalue weighted by Gasteiger charge is 2.27. The van der Waals surface area contributed by atoms with Crippen LogP contribution in [0.3, 0.4) is 0 Å². The van der Waals surface area contributed by atoms with Crippen LogP contribution in [0.2, 0.25) is 0 Å². The van der Waals surface area contributed by atoms with Crippen molar-refractivity contribution in [2.75, 3.05) is 7.05 Å². The number of aliphatic imine (C=N–C) groups is 1. The van der Waals surface area contributed by atoms with Crippen LogP contribution >= 0.6 is 27.3 Å². The smallest absolute Gasteiger partial charge is 0.191 e. The molecule has 0 saturated heterocycles. The summed E-state index contributed by atoms with van der Waals surface area (Å²) in [5, 5.41) is 2.05. The Kier molecular flexibility index (Phi) is 3.31. The molecule has 1 saturated carbocycles. The van der Waals surface area contributed by atoms with Gasteiger partial charge in [-0.05, 0) is 45.8 Å². The first-order chi connectivity index (χ1) is 7.18. The molecule has 82 valence electrons. The molecule has 0 amide bonds. The highest BCUT2D eigenvalue weighted by Crippen LogP contribution is 2.26. The molecule has 15 heavy (non-hydrogen) atoms. The van der Waals surface area contributed by atoms with Crippen LogP contribution in [0.15, 0.2) is 20.2 Å². The summed E-state index contributed by atoms with van der Waals surface area (Å²) < 4.78 is 1.15. The molecule has 0 spiro atoms. The summed E-state index contributed by atoms with van der Waals surface area (Å²) >= 11 is 5.17. The van der Waals surface area contributed by atoms with Crippen LogP contribution in [-0.2, 0) is 6.54 Å². The van der Waals surface area contributed by atoms with E-state index in [1.165, 1.54) is 18.4 Å². The van der Waals surface area contributed by atoms with Crippen LogP contribution in [-0.4, -0.2) is 23.9 Å². The lowest BCUT2D eigenvalue weighted by molar-refractivity contribution is 0.487. The van der Waals surface area contributed by atoms with E-state index in [4.69, 9.17) is 5.73 Å². The largest absolute Gasteiger partial charge is 0.370 e. The quantitative estimate of drug-likeness (QED) is 0.685. The van der Waals surface area contributed by atoms with Crippen molar-refractivity contribution >= 4 is 33.2 Å². The van der Waals surface area contributed by atoms with Crippen molar-refractivity contribution in [3.05, 3.63) is 20.8 Å². The molecule has 0 unspecified atom stereocenters. The van der Waals surface area contributed by atoms with E-state index in [1.807, 2.05) is 7.05 Å². The lowest BCUT2D eigenvalue weighted by Crippen LogP contribution is -2.35. The monoisotopic (exact) mass is 287 g/mol. The number of halogens is 1. The van der Waals surface area contributed by atoms with Gasteiger partial charge >= 0.3 is 0 Å². The number of guanidine groups is 1. The molecule has 0 aromatic carbocycles. The average molecular weight is 288 g/mol. The van der Waals surface area contributed by atoms with E-state index in [9.17, 15) is 0 Å². The summed E-state index contributed by atoms with van der Waals surface area (Å²) in [6.45, 7) is 0.660. The Morgan fingerprint density at radius 2 is 2.47 bits per heavy atom. The van der Waals surface area contributed by atoms with Crippen LogP contribution in [0.25, 0.3) is 0 Å². The predicted octanol–water partition coefficient (Wildman–Crippen LogP) is 2.42. The van der Waals surface area contributed by atoms with Crippen LogP contribution in [0, 0.1) is 0 Å². The minimum absolute atomic E-state index is 0.625. The molecule has 1 aromatic rings. The topological polar surface area (TPSA) is 41.6 Å². The average Bonchev–Trinajstić information content (AvgIpc) is 2.99. The number of nitrogens with zero attached hydrogens (tertiary/aromatic N) is 2. The summed E-state index contributed by atoms with van der Waals surface area (Å²) in [6.07, 6.45) is 2.49. The fraction of sp³-hybridized carbons (Fsp3) is 0.500. The lowest BCUT2D eigenvalue weighted by Gasteiger charge is -2.16. The molecule has 2 rings (SSSR count). The number of thiophene rings is 1. The molecular weight excluding hydrogens is 274 g/mol. The molecule has 0 radical (unpaired) electrons. The summed E-state index contributed by atoms with van der Waals surface area (Å²) in [7, 11) is 2.01. The Balaban J connectivity index is 1.95. The van der Waals surface area contributed by atoms with Gasteiger partial charge in [0.05, 0.1) is 10.3 Å². The molecule has 3 nitrogen and oxygen atoms in total. The van der Waals surface area contributed by atoms with Gasteiger partial charge in [-0.3, -0.25) is 0 Å². The van der Waals surface area contributed by atoms with Crippen LogP contribution in [0.1, 0.15) is 18.4 Å². The van der Waals surface area contributed by atoms with Gasteiger partial charge in [0.25, 0.3) is 0 Å². The number of hydrogen-bond acceptors (Lipinski definition) is 2. The normalized spacial score (nSPS) is 16.8. The fourth-order valence-electron chi connectivity index (χ4n) is 1.36. The van der Waals surface area contributed by atoms with Gasteiger partial charge in [0.2, 0.25) is 0 Å². The Bertz CT molecular complexity index is 370. The van der Waals surface area contributed by atoms with Gasteiger partial charge in [-0.15, -0.1) is 11.3 Å². The summed E-state index contributed by atoms with van der Waals surface area (Å²) in [4.78, 5) is 6.46. The standard InChI is InChI=1S/C10H14BrN3S/c1-14(8-2-3-8)10(12)13-6-7-4-5-15-9(7)11/h4-5,8H,2-3,6H2,1H3,(H2,12,13). The van der Waals surface area contributed by atoms with Crippen molar-refractivity contribution in [2.24, 2.45) is 10.7 Å². The van der Waals surface area contributed by atoms with Gasteiger partial charge in [0.1, 0.15) is 0 Å². The maximum atomic E-state index is 5.89. The van der Waals surface area contributed by atoms with Gasteiger partial charge in [-0.25, -0.2) is 4.99 Å². The van der Waals surface area contributed by atoms with E-state index in [2.05, 4.69) is 37.3 Å². The third-order valence-electron chi connectivity index (χ3n) is 2.56. The zero-order chi connectivity index (χ0) is 10.8. The highest BCUT2D eigenvalue weighted by atomic mass is 79.9. The van der Waals surface area contributed by atoms with Crippen LogP contribution in [0.5, 0.6) is 0 Å². The highest BCUT2D eigenvalue weighted by molar-refractivity contribution is 9.11. The van der Waals surface area contributed by atoms with Crippen molar-refractivity contribution in [3.63, 3.8) is 0 Å². The zero-order valence-electron chi connectivity index (χ0n) is 8.61. The third kappa shape index (κ3) is 2.72. The van der Waals surface area contributed by atoms with E-state index >= 15 is 0 Å². The number of hydrogen-bond donors (Lipinski definition) is 1. The maximum Gasteiger partial charge on any atom is 0.191 e. The van der Waals surface area contributed by atoms with E-state index in [-0.39, 0.29) is 0 Å². The van der Waals surface area contributed by atoms with Crippen molar-refractivity contribution < 1.29 is 0 Å². The predicted molar refractivity (Wildman–Crippen MR) is 68.1 cm³/mol. The summed E-state index contributed by atoms with van der Waals surface area (Å²) in [6, 6.07) is 2.70. The van der Waals surface area contributed by atoms with Gasteiger partial charge in [-0.1, -0.05) is 0 Å². The molecule has 1 aliphatic rings. The molecule has 1 aromatic heterocycles. The molecule has 2 N–H and O–H groups in total. The number of rotatable bonds is 3. The van der Waals surface area contributed by atoms with Crippen molar-refractivity contribution in [3.8, 4) is 0 Å². The Morgan fingerprint density at radius 1 is 1.73 bits per heavy atom. The SMILES string of the molecule is CN(C(N)=NCc1ccsc1Br)C1CC1. The zero-order valence-corrected chi connectivity index (χ0v) is 11.0. The van der Waals surface area contributed by atoms with Crippen molar-refractivity contribution in [2.45, 2.75) is 25.4 Å². The fourth-order valence-corrected chi connectivity index (χ4v) is 2.58. The summed E-state index contributed by atoms with van der Waals surface area (Å²) in [5.41, 5.74) is 7.09. The Morgan fingerprint density at radius 3 is 3.00 bits per heavy atom. The first-order valence-corrected chi connectivity index (χ1v) is 6.60. The maximum absolute atomic E-state index is 5.89. The van der Waals surface area contributed by atoms with Gasteiger partial charge in [-0.2, -0.15) is 0 Å². The molecule has 1 heterocycles. The lowest BCUT2D eigenvalue weighted by atomic mass is 10.3. The third-order valence-corrected chi connectivity index (χ3v) is 4.37. The van der Waals surface area contributed by atoms with E-state index in [0.29, 0.717) is 18.5 Å². The minimum Gasteiger partial charge on any atom is -0.370 e. The molecule has 1 aliphatic carbocycles. The molecule has 0 atom stereocenters. The van der Waals surface area contributed by atoms with E-state index in [1.54, 1.807) is 11.3 Å². The van der Waals surface area contributed by atoms with E-state index < -0.39 is 0 Å². The second-order valence-corrected chi connectivity index (χ2v) is 5.97. The first kappa shape index (κ1) is 11.0. The number of nitrogens with two attached hydrogens (primary N) is 1. The molecular formula is C10H14BrN3S. The Labute approximate surface area is 102 Å². The molecule has 0 bridgehead atoms. The van der Waals surface area contributed by atoms with Gasteiger partial charge < -0.3 is 10.6 Å². The molecule has 0 aliphatic heterocycles. The Hall–Kier alpha value is -0.550.